The highest BCUT2D eigenvalue weighted by atomic mass is 32.2. The maximum absolute atomic E-state index is 9.79. The molecular formula is C14H21NOS. The van der Waals surface area contributed by atoms with Gasteiger partial charge >= 0.3 is 0 Å². The molecule has 17 heavy (non-hydrogen) atoms. The molecule has 2 nitrogen and oxygen atoms in total. The van der Waals surface area contributed by atoms with Gasteiger partial charge in [0.25, 0.3) is 0 Å². The molecule has 0 aliphatic heterocycles. The highest BCUT2D eigenvalue weighted by molar-refractivity contribution is 7.99. The van der Waals surface area contributed by atoms with Gasteiger partial charge in [-0.1, -0.05) is 31.2 Å². The van der Waals surface area contributed by atoms with Crippen LogP contribution in [0.3, 0.4) is 0 Å². The second-order valence-corrected chi connectivity index (χ2v) is 4.99. The lowest BCUT2D eigenvalue weighted by molar-refractivity contribution is 0.445. The van der Waals surface area contributed by atoms with Crippen molar-refractivity contribution in [3.8, 4) is 5.75 Å². The van der Waals surface area contributed by atoms with Crippen molar-refractivity contribution in [2.24, 2.45) is 0 Å². The summed E-state index contributed by atoms with van der Waals surface area (Å²) >= 11 is 1.86. The number of thioether (sulfide) groups is 1. The van der Waals surface area contributed by atoms with Gasteiger partial charge < -0.3 is 10.4 Å². The third-order valence-corrected chi connectivity index (χ3v) is 3.56. The number of nitrogens with one attached hydrogen (secondary N) is 1. The molecule has 0 heterocycles. The number of hydrogen-bond acceptors (Lipinski definition) is 3. The molecule has 0 spiro atoms. The van der Waals surface area contributed by atoms with E-state index in [9.17, 15) is 5.11 Å². The Hall–Kier alpha value is -0.930. The molecule has 0 saturated heterocycles. The van der Waals surface area contributed by atoms with E-state index in [0.29, 0.717) is 5.75 Å². The van der Waals surface area contributed by atoms with Crippen LogP contribution in [0.4, 0.5) is 0 Å². The van der Waals surface area contributed by atoms with E-state index in [-0.39, 0.29) is 6.04 Å². The molecule has 0 radical (unpaired) electrons. The third kappa shape index (κ3) is 4.84. The van der Waals surface area contributed by atoms with Crippen LogP contribution in [0.15, 0.2) is 36.9 Å². The molecular weight excluding hydrogens is 230 g/mol. The van der Waals surface area contributed by atoms with Crippen molar-refractivity contribution < 1.29 is 5.11 Å². The largest absolute Gasteiger partial charge is 0.508 e. The zero-order valence-corrected chi connectivity index (χ0v) is 11.2. The molecule has 0 saturated carbocycles. The average molecular weight is 251 g/mol. The first-order chi connectivity index (χ1) is 8.29. The van der Waals surface area contributed by atoms with Gasteiger partial charge in [0.05, 0.1) is 0 Å². The highest BCUT2D eigenvalue weighted by Gasteiger charge is 2.11. The number of aromatic hydroxyl groups is 1. The Bertz CT molecular complexity index is 341. The van der Waals surface area contributed by atoms with Gasteiger partial charge in [0.1, 0.15) is 5.75 Å². The summed E-state index contributed by atoms with van der Waals surface area (Å²) in [4.78, 5) is 0. The summed E-state index contributed by atoms with van der Waals surface area (Å²) in [5.41, 5.74) is 0.990. The van der Waals surface area contributed by atoms with E-state index in [2.05, 4.69) is 18.8 Å². The van der Waals surface area contributed by atoms with Crippen molar-refractivity contribution in [1.29, 1.82) is 0 Å². The molecule has 94 valence electrons. The SMILES string of the molecule is C=CCSCCNC(CC)c1ccccc1O. The van der Waals surface area contributed by atoms with Crippen LogP contribution in [0.1, 0.15) is 24.9 Å². The summed E-state index contributed by atoms with van der Waals surface area (Å²) < 4.78 is 0. The molecule has 1 aromatic rings. The molecule has 1 unspecified atom stereocenters. The Labute approximate surface area is 108 Å². The molecule has 0 aliphatic rings. The second kappa shape index (κ2) is 8.20. The molecule has 1 aromatic carbocycles. The van der Waals surface area contributed by atoms with Crippen LogP contribution in [0.25, 0.3) is 0 Å². The lowest BCUT2D eigenvalue weighted by atomic mass is 10.0. The standard InChI is InChI=1S/C14H21NOS/c1-3-10-17-11-9-15-13(4-2)12-7-5-6-8-14(12)16/h3,5-8,13,15-16H,1,4,9-11H2,2H3. The van der Waals surface area contributed by atoms with Crippen LogP contribution >= 0.6 is 11.8 Å². The number of rotatable bonds is 8. The van der Waals surface area contributed by atoms with Crippen LogP contribution in [0, 0.1) is 0 Å². The zero-order chi connectivity index (χ0) is 12.5. The normalized spacial score (nSPS) is 12.3. The summed E-state index contributed by atoms with van der Waals surface area (Å²) in [5.74, 6) is 2.44. The smallest absolute Gasteiger partial charge is 0.120 e. The summed E-state index contributed by atoms with van der Waals surface area (Å²) in [6.45, 7) is 6.77. The molecule has 1 rings (SSSR count). The van der Waals surface area contributed by atoms with Crippen LogP contribution in [-0.2, 0) is 0 Å². The van der Waals surface area contributed by atoms with E-state index in [0.717, 1.165) is 30.0 Å². The maximum atomic E-state index is 9.79. The zero-order valence-electron chi connectivity index (χ0n) is 10.4. The Morgan fingerprint density at radius 3 is 2.88 bits per heavy atom. The van der Waals surface area contributed by atoms with Crippen molar-refractivity contribution in [3.63, 3.8) is 0 Å². The Kier molecular flexibility index (Phi) is 6.82. The van der Waals surface area contributed by atoms with E-state index in [1.165, 1.54) is 0 Å². The Balaban J connectivity index is 2.43. The highest BCUT2D eigenvalue weighted by Crippen LogP contribution is 2.25. The minimum absolute atomic E-state index is 0.237. The van der Waals surface area contributed by atoms with E-state index >= 15 is 0 Å². The lowest BCUT2D eigenvalue weighted by Gasteiger charge is -2.18. The first kappa shape index (κ1) is 14.1. The van der Waals surface area contributed by atoms with Gasteiger partial charge in [0.15, 0.2) is 0 Å². The predicted molar refractivity (Wildman–Crippen MR) is 76.7 cm³/mol. The first-order valence-corrected chi connectivity index (χ1v) is 7.15. The first-order valence-electron chi connectivity index (χ1n) is 5.99. The topological polar surface area (TPSA) is 32.3 Å². The summed E-state index contributed by atoms with van der Waals surface area (Å²) in [6, 6.07) is 7.78. The van der Waals surface area contributed by atoms with Gasteiger partial charge in [-0.25, -0.2) is 0 Å². The number of hydrogen-bond donors (Lipinski definition) is 2. The fraction of sp³-hybridized carbons (Fsp3) is 0.429. The van der Waals surface area contributed by atoms with Crippen molar-refractivity contribution in [2.75, 3.05) is 18.1 Å². The third-order valence-electron chi connectivity index (χ3n) is 2.59. The van der Waals surface area contributed by atoms with Gasteiger partial charge in [-0.2, -0.15) is 11.8 Å². The number of benzene rings is 1. The van der Waals surface area contributed by atoms with Gasteiger partial charge in [0.2, 0.25) is 0 Å². The summed E-state index contributed by atoms with van der Waals surface area (Å²) in [5, 5.41) is 13.3. The van der Waals surface area contributed by atoms with Gasteiger partial charge in [0, 0.05) is 29.7 Å². The van der Waals surface area contributed by atoms with E-state index in [1.807, 2.05) is 36.0 Å². The maximum Gasteiger partial charge on any atom is 0.120 e. The Morgan fingerprint density at radius 2 is 2.24 bits per heavy atom. The summed E-state index contributed by atoms with van der Waals surface area (Å²) in [6.07, 6.45) is 2.90. The van der Waals surface area contributed by atoms with E-state index in [4.69, 9.17) is 0 Å². The molecule has 0 amide bonds. The monoisotopic (exact) mass is 251 g/mol. The molecule has 2 N–H and O–H groups in total. The van der Waals surface area contributed by atoms with Gasteiger partial charge in [-0.05, 0) is 12.5 Å². The predicted octanol–water partition coefficient (Wildman–Crippen LogP) is 3.35. The molecule has 0 fully saturated rings. The molecule has 1 atom stereocenters. The summed E-state index contributed by atoms with van der Waals surface area (Å²) in [7, 11) is 0. The number of para-hydroxylation sites is 1. The molecule has 0 bridgehead atoms. The fourth-order valence-electron chi connectivity index (χ4n) is 1.73. The molecule has 0 aliphatic carbocycles. The minimum atomic E-state index is 0.237. The number of phenols is 1. The van der Waals surface area contributed by atoms with E-state index < -0.39 is 0 Å². The lowest BCUT2D eigenvalue weighted by Crippen LogP contribution is -2.23. The van der Waals surface area contributed by atoms with Crippen LogP contribution in [-0.4, -0.2) is 23.2 Å². The van der Waals surface area contributed by atoms with E-state index in [1.54, 1.807) is 6.07 Å². The van der Waals surface area contributed by atoms with Gasteiger partial charge in [-0.3, -0.25) is 0 Å². The Morgan fingerprint density at radius 1 is 1.47 bits per heavy atom. The average Bonchev–Trinajstić information content (AvgIpc) is 2.35. The molecule has 0 aromatic heterocycles. The van der Waals surface area contributed by atoms with Gasteiger partial charge in [-0.15, -0.1) is 6.58 Å². The van der Waals surface area contributed by atoms with Crippen molar-refractivity contribution in [2.45, 2.75) is 19.4 Å². The van der Waals surface area contributed by atoms with Crippen molar-refractivity contribution in [3.05, 3.63) is 42.5 Å². The van der Waals surface area contributed by atoms with Crippen LogP contribution in [0.5, 0.6) is 5.75 Å². The fourth-order valence-corrected chi connectivity index (χ4v) is 2.32. The number of phenolic OH excluding ortho intramolecular Hbond substituents is 1. The second-order valence-electron chi connectivity index (χ2n) is 3.84. The van der Waals surface area contributed by atoms with Crippen LogP contribution < -0.4 is 5.32 Å². The van der Waals surface area contributed by atoms with Crippen LogP contribution in [0.2, 0.25) is 0 Å². The van der Waals surface area contributed by atoms with Crippen molar-refractivity contribution in [1.82, 2.24) is 5.32 Å². The minimum Gasteiger partial charge on any atom is -0.508 e. The van der Waals surface area contributed by atoms with Crippen molar-refractivity contribution >= 4 is 11.8 Å². The molecule has 3 heteroatoms. The quantitative estimate of drug-likeness (QED) is 0.549.